The topological polar surface area (TPSA) is 21.7 Å². The normalized spacial score (nSPS) is 30.3. The van der Waals surface area contributed by atoms with Crippen molar-refractivity contribution in [3.05, 3.63) is 71.8 Å². The van der Waals surface area contributed by atoms with Gasteiger partial charge in [-0.15, -0.1) is 0 Å². The van der Waals surface area contributed by atoms with Gasteiger partial charge >= 0.3 is 0 Å². The number of likely N-dealkylation sites (tertiary alicyclic amines) is 1. The number of benzene rings is 2. The van der Waals surface area contributed by atoms with E-state index in [1.807, 2.05) is 0 Å². The van der Waals surface area contributed by atoms with E-state index in [-0.39, 0.29) is 11.2 Å². The average Bonchev–Trinajstić information content (AvgIpc) is 3.17. The molecule has 0 unspecified atom stereocenters. The summed E-state index contributed by atoms with van der Waals surface area (Å²) >= 11 is 0. The van der Waals surface area contributed by atoms with E-state index in [1.54, 1.807) is 0 Å². The largest absolute Gasteiger partial charge is 0.348 e. The zero-order chi connectivity index (χ0) is 18.2. The Labute approximate surface area is 162 Å². The molecule has 3 nitrogen and oxygen atoms in total. The van der Waals surface area contributed by atoms with Crippen LogP contribution in [0.5, 0.6) is 0 Å². The molecule has 5 rings (SSSR count). The number of piperidine rings is 1. The minimum atomic E-state index is -0.339. The van der Waals surface area contributed by atoms with Crippen molar-refractivity contribution in [2.24, 2.45) is 5.92 Å². The zero-order valence-corrected chi connectivity index (χ0v) is 16.0. The van der Waals surface area contributed by atoms with Crippen molar-refractivity contribution >= 4 is 0 Å². The van der Waals surface area contributed by atoms with Crippen LogP contribution in [0.15, 0.2) is 60.7 Å². The van der Waals surface area contributed by atoms with Gasteiger partial charge < -0.3 is 9.47 Å². The lowest BCUT2D eigenvalue weighted by molar-refractivity contribution is -0.207. The monoisotopic (exact) mass is 363 g/mol. The molecule has 2 aliphatic heterocycles. The van der Waals surface area contributed by atoms with E-state index in [2.05, 4.69) is 65.6 Å². The summed E-state index contributed by atoms with van der Waals surface area (Å²) in [5, 5.41) is 0. The highest BCUT2D eigenvalue weighted by molar-refractivity contribution is 5.30. The fourth-order valence-electron chi connectivity index (χ4n) is 5.68. The van der Waals surface area contributed by atoms with Crippen LogP contribution in [0.25, 0.3) is 0 Å². The average molecular weight is 364 g/mol. The van der Waals surface area contributed by atoms with Gasteiger partial charge in [0.25, 0.3) is 0 Å². The number of hydrogen-bond acceptors (Lipinski definition) is 3. The van der Waals surface area contributed by atoms with Crippen LogP contribution in [-0.2, 0) is 21.4 Å². The molecule has 2 aromatic carbocycles. The van der Waals surface area contributed by atoms with Gasteiger partial charge in [-0.05, 0) is 36.4 Å². The van der Waals surface area contributed by atoms with E-state index >= 15 is 0 Å². The predicted molar refractivity (Wildman–Crippen MR) is 106 cm³/mol. The van der Waals surface area contributed by atoms with Crippen LogP contribution in [0.1, 0.15) is 36.8 Å². The van der Waals surface area contributed by atoms with E-state index in [0.717, 1.165) is 39.1 Å². The summed E-state index contributed by atoms with van der Waals surface area (Å²) in [6, 6.07) is 22.0. The third-order valence-electron chi connectivity index (χ3n) is 7.00. The summed E-state index contributed by atoms with van der Waals surface area (Å²) < 4.78 is 12.3. The molecule has 3 heteroatoms. The molecule has 27 heavy (non-hydrogen) atoms. The number of hydrogen-bond donors (Lipinski definition) is 0. The molecular weight excluding hydrogens is 334 g/mol. The second-order valence-electron chi connectivity index (χ2n) is 8.51. The lowest BCUT2D eigenvalue weighted by Crippen LogP contribution is -2.57. The maximum atomic E-state index is 6.16. The van der Waals surface area contributed by atoms with Crippen molar-refractivity contribution in [3.8, 4) is 0 Å². The summed E-state index contributed by atoms with van der Waals surface area (Å²) in [5.74, 6) is 0.323. The Kier molecular flexibility index (Phi) is 4.55. The van der Waals surface area contributed by atoms with E-state index < -0.39 is 0 Å². The highest BCUT2D eigenvalue weighted by Crippen LogP contribution is 2.54. The molecule has 3 fully saturated rings. The van der Waals surface area contributed by atoms with Crippen LogP contribution < -0.4 is 0 Å². The molecular formula is C24H29NO2. The van der Waals surface area contributed by atoms with Crippen LogP contribution in [-0.4, -0.2) is 37.0 Å². The first-order valence-electron chi connectivity index (χ1n) is 10.4. The Morgan fingerprint density at radius 2 is 1.59 bits per heavy atom. The Balaban J connectivity index is 1.42. The smallest absolute Gasteiger partial charge is 0.169 e. The molecule has 0 N–H and O–H groups in total. The van der Waals surface area contributed by atoms with E-state index in [4.69, 9.17) is 9.47 Å². The highest BCUT2D eigenvalue weighted by Gasteiger charge is 2.55. The maximum absolute atomic E-state index is 6.16. The first kappa shape index (κ1) is 17.4. The maximum Gasteiger partial charge on any atom is 0.169 e. The molecule has 2 saturated heterocycles. The molecule has 1 spiro atoms. The van der Waals surface area contributed by atoms with Gasteiger partial charge in [0.2, 0.25) is 0 Å². The number of ether oxygens (including phenoxy) is 2. The quantitative estimate of drug-likeness (QED) is 0.808. The lowest BCUT2D eigenvalue weighted by Gasteiger charge is -2.55. The molecule has 2 aromatic rings. The van der Waals surface area contributed by atoms with Gasteiger partial charge in [0.05, 0.1) is 13.2 Å². The van der Waals surface area contributed by atoms with Crippen LogP contribution in [0.2, 0.25) is 0 Å². The van der Waals surface area contributed by atoms with E-state index in [1.165, 1.54) is 30.5 Å². The Hall–Kier alpha value is -1.68. The van der Waals surface area contributed by atoms with Gasteiger partial charge in [-0.3, -0.25) is 4.90 Å². The van der Waals surface area contributed by atoms with E-state index in [0.29, 0.717) is 5.92 Å². The number of rotatable bonds is 3. The minimum Gasteiger partial charge on any atom is -0.348 e. The molecule has 2 heterocycles. The summed E-state index contributed by atoms with van der Waals surface area (Å²) in [4.78, 5) is 2.65. The second-order valence-corrected chi connectivity index (χ2v) is 8.51. The summed E-state index contributed by atoms with van der Waals surface area (Å²) in [5.41, 5.74) is 3.07. The van der Waals surface area contributed by atoms with Crippen LogP contribution in [0.4, 0.5) is 0 Å². The summed E-state index contributed by atoms with van der Waals surface area (Å²) in [6.07, 6.45) is 4.41. The fourth-order valence-corrected chi connectivity index (χ4v) is 5.68. The standard InChI is InChI=1S/C24H29NO2/c1-3-7-20(8-4-1)17-25-14-13-23(21-9-5-2-6-10-21)19-24(26-15-16-27-24)12-11-22(23)18-25/h1-10,22H,11-19H2/t22-,23+/m0/s1. The van der Waals surface area contributed by atoms with Gasteiger partial charge in [-0.2, -0.15) is 0 Å². The number of nitrogens with zero attached hydrogens (tertiary/aromatic N) is 1. The Morgan fingerprint density at radius 1 is 0.889 bits per heavy atom. The SMILES string of the molecule is c1ccc(CN2CC[C@]3(c4ccccc4)CC4(CC[C@H]3C2)OCCO4)cc1. The molecule has 0 aromatic heterocycles. The molecule has 1 aliphatic carbocycles. The molecule has 2 atom stereocenters. The molecule has 3 aliphatic rings. The van der Waals surface area contributed by atoms with E-state index in [9.17, 15) is 0 Å². The first-order chi connectivity index (χ1) is 13.3. The Bertz CT molecular complexity index is 756. The van der Waals surface area contributed by atoms with Crippen molar-refractivity contribution < 1.29 is 9.47 Å². The Morgan fingerprint density at radius 3 is 2.33 bits per heavy atom. The van der Waals surface area contributed by atoms with Crippen LogP contribution in [0, 0.1) is 5.92 Å². The lowest BCUT2D eigenvalue weighted by atomic mass is 9.57. The molecule has 0 radical (unpaired) electrons. The minimum absolute atomic E-state index is 0.178. The van der Waals surface area contributed by atoms with Gasteiger partial charge in [0, 0.05) is 31.3 Å². The highest BCUT2D eigenvalue weighted by atomic mass is 16.7. The summed E-state index contributed by atoms with van der Waals surface area (Å²) in [7, 11) is 0. The molecule has 0 bridgehead atoms. The van der Waals surface area contributed by atoms with Crippen LogP contribution >= 0.6 is 0 Å². The number of fused-ring (bicyclic) bond motifs is 1. The predicted octanol–water partition coefficient (Wildman–Crippen LogP) is 4.37. The first-order valence-corrected chi connectivity index (χ1v) is 10.4. The summed E-state index contributed by atoms with van der Waals surface area (Å²) in [6.45, 7) is 4.85. The van der Waals surface area contributed by atoms with Crippen molar-refractivity contribution in [1.82, 2.24) is 4.90 Å². The molecule has 142 valence electrons. The second kappa shape index (κ2) is 7.05. The van der Waals surface area contributed by atoms with Crippen molar-refractivity contribution in [2.45, 2.75) is 43.4 Å². The van der Waals surface area contributed by atoms with Crippen molar-refractivity contribution in [1.29, 1.82) is 0 Å². The third kappa shape index (κ3) is 3.22. The van der Waals surface area contributed by atoms with Crippen LogP contribution in [0.3, 0.4) is 0 Å². The third-order valence-corrected chi connectivity index (χ3v) is 7.00. The van der Waals surface area contributed by atoms with Crippen molar-refractivity contribution in [3.63, 3.8) is 0 Å². The zero-order valence-electron chi connectivity index (χ0n) is 16.0. The van der Waals surface area contributed by atoms with Crippen molar-refractivity contribution in [2.75, 3.05) is 26.3 Å². The van der Waals surface area contributed by atoms with Gasteiger partial charge in [-0.25, -0.2) is 0 Å². The van der Waals surface area contributed by atoms with Gasteiger partial charge in [0.15, 0.2) is 5.79 Å². The van der Waals surface area contributed by atoms with Gasteiger partial charge in [-0.1, -0.05) is 60.7 Å². The molecule has 0 amide bonds. The van der Waals surface area contributed by atoms with Gasteiger partial charge in [0.1, 0.15) is 0 Å². The molecule has 1 saturated carbocycles. The fraction of sp³-hybridized carbons (Fsp3) is 0.500.